The number of anilines is 1. The molecule has 3 nitrogen and oxygen atoms in total. The van der Waals surface area contributed by atoms with Crippen molar-refractivity contribution in [2.75, 3.05) is 5.32 Å². The number of hydrogen-bond acceptors (Lipinski definition) is 3. The Labute approximate surface area is 84.1 Å². The topological polar surface area (TPSA) is 48.7 Å². The van der Waals surface area contributed by atoms with E-state index in [4.69, 9.17) is 5.26 Å². The maximum atomic E-state index is 8.93. The van der Waals surface area contributed by atoms with Crippen LogP contribution in [0.2, 0.25) is 0 Å². The van der Waals surface area contributed by atoms with Crippen molar-refractivity contribution in [3.63, 3.8) is 0 Å². The van der Waals surface area contributed by atoms with E-state index in [-0.39, 0.29) is 6.04 Å². The second-order valence-corrected chi connectivity index (χ2v) is 3.13. The van der Waals surface area contributed by atoms with E-state index >= 15 is 0 Å². The monoisotopic (exact) mass is 187 g/mol. The fourth-order valence-corrected chi connectivity index (χ4v) is 1.08. The van der Waals surface area contributed by atoms with Gasteiger partial charge < -0.3 is 5.32 Å². The standard InChI is InChI=1S/C11H13N3/c1-4-9(3)14-11-10(7-12)8(2)5-6-13-11/h4-6,9H,1H2,2-3H3,(H,13,14). The Balaban J connectivity index is 3.03. The van der Waals surface area contributed by atoms with Crippen LogP contribution in [0.25, 0.3) is 0 Å². The van der Waals surface area contributed by atoms with Crippen molar-refractivity contribution in [1.82, 2.24) is 4.98 Å². The van der Waals surface area contributed by atoms with Crippen LogP contribution in [-0.4, -0.2) is 11.0 Å². The van der Waals surface area contributed by atoms with Crippen LogP contribution < -0.4 is 5.32 Å². The summed E-state index contributed by atoms with van der Waals surface area (Å²) in [6, 6.07) is 4.06. The fourth-order valence-electron chi connectivity index (χ4n) is 1.08. The first-order chi connectivity index (χ1) is 6.69. The molecule has 14 heavy (non-hydrogen) atoms. The fraction of sp³-hybridized carbons (Fsp3) is 0.273. The van der Waals surface area contributed by atoms with E-state index in [0.29, 0.717) is 11.4 Å². The first-order valence-electron chi connectivity index (χ1n) is 4.44. The van der Waals surface area contributed by atoms with Gasteiger partial charge in [0.15, 0.2) is 0 Å². The Morgan fingerprint density at radius 1 is 1.71 bits per heavy atom. The van der Waals surface area contributed by atoms with Crippen LogP contribution >= 0.6 is 0 Å². The van der Waals surface area contributed by atoms with Gasteiger partial charge in [-0.1, -0.05) is 6.08 Å². The molecule has 1 aromatic heterocycles. The molecule has 1 atom stereocenters. The molecule has 0 radical (unpaired) electrons. The maximum absolute atomic E-state index is 8.93. The molecular formula is C11H13N3. The third-order valence-electron chi connectivity index (χ3n) is 1.99. The smallest absolute Gasteiger partial charge is 0.144 e. The van der Waals surface area contributed by atoms with E-state index in [1.165, 1.54) is 0 Å². The molecule has 0 bridgehead atoms. The largest absolute Gasteiger partial charge is 0.363 e. The number of nitrogens with one attached hydrogen (secondary N) is 1. The second-order valence-electron chi connectivity index (χ2n) is 3.13. The summed E-state index contributed by atoms with van der Waals surface area (Å²) >= 11 is 0. The molecule has 0 aliphatic heterocycles. The van der Waals surface area contributed by atoms with Gasteiger partial charge in [0.2, 0.25) is 0 Å². The third-order valence-corrected chi connectivity index (χ3v) is 1.99. The van der Waals surface area contributed by atoms with Crippen molar-refractivity contribution in [1.29, 1.82) is 5.26 Å². The van der Waals surface area contributed by atoms with Gasteiger partial charge in [0, 0.05) is 12.2 Å². The maximum Gasteiger partial charge on any atom is 0.144 e. The number of hydrogen-bond donors (Lipinski definition) is 1. The summed E-state index contributed by atoms with van der Waals surface area (Å²) in [5, 5.41) is 12.0. The molecule has 0 aliphatic carbocycles. The highest BCUT2D eigenvalue weighted by atomic mass is 15.0. The van der Waals surface area contributed by atoms with Gasteiger partial charge in [0.1, 0.15) is 11.9 Å². The second kappa shape index (κ2) is 4.43. The Hall–Kier alpha value is -1.82. The van der Waals surface area contributed by atoms with Crippen molar-refractivity contribution in [3.8, 4) is 6.07 Å². The molecule has 1 heterocycles. The minimum absolute atomic E-state index is 0.108. The summed E-state index contributed by atoms with van der Waals surface area (Å²) in [5.74, 6) is 0.625. The van der Waals surface area contributed by atoms with E-state index in [2.05, 4.69) is 22.9 Å². The van der Waals surface area contributed by atoms with Crippen molar-refractivity contribution >= 4 is 5.82 Å². The average Bonchev–Trinajstić information content (AvgIpc) is 2.18. The van der Waals surface area contributed by atoms with Crippen molar-refractivity contribution in [2.45, 2.75) is 19.9 Å². The average molecular weight is 187 g/mol. The van der Waals surface area contributed by atoms with E-state index in [0.717, 1.165) is 5.56 Å². The summed E-state index contributed by atoms with van der Waals surface area (Å²) in [6.45, 7) is 7.51. The molecule has 0 spiro atoms. The molecule has 0 saturated heterocycles. The number of nitriles is 1. The zero-order valence-corrected chi connectivity index (χ0v) is 8.41. The molecule has 0 aliphatic rings. The number of nitrogens with zero attached hydrogens (tertiary/aromatic N) is 2. The predicted octanol–water partition coefficient (Wildman–Crippen LogP) is 2.25. The van der Waals surface area contributed by atoms with Gasteiger partial charge in [0.25, 0.3) is 0 Å². The lowest BCUT2D eigenvalue weighted by molar-refractivity contribution is 0.979. The van der Waals surface area contributed by atoms with Gasteiger partial charge in [-0.3, -0.25) is 0 Å². The first-order valence-corrected chi connectivity index (χ1v) is 4.44. The van der Waals surface area contributed by atoms with Crippen LogP contribution in [-0.2, 0) is 0 Å². The number of aromatic nitrogens is 1. The predicted molar refractivity (Wildman–Crippen MR) is 57.0 cm³/mol. The molecule has 3 heteroatoms. The van der Waals surface area contributed by atoms with Crippen LogP contribution in [0, 0.1) is 18.3 Å². The molecule has 1 unspecified atom stereocenters. The number of rotatable bonds is 3. The molecule has 0 saturated carbocycles. The highest BCUT2D eigenvalue weighted by Crippen LogP contribution is 2.15. The van der Waals surface area contributed by atoms with Gasteiger partial charge in [-0.05, 0) is 25.5 Å². The first kappa shape index (κ1) is 10.3. The number of pyridine rings is 1. The highest BCUT2D eigenvalue weighted by Gasteiger charge is 2.07. The highest BCUT2D eigenvalue weighted by molar-refractivity contribution is 5.56. The summed E-state index contributed by atoms with van der Waals surface area (Å²) in [7, 11) is 0. The van der Waals surface area contributed by atoms with E-state index in [1.54, 1.807) is 12.3 Å². The van der Waals surface area contributed by atoms with Gasteiger partial charge in [-0.15, -0.1) is 6.58 Å². The zero-order chi connectivity index (χ0) is 10.6. The van der Waals surface area contributed by atoms with Gasteiger partial charge in [-0.2, -0.15) is 5.26 Å². The molecule has 1 aromatic rings. The Bertz CT molecular complexity index is 377. The minimum Gasteiger partial charge on any atom is -0.363 e. The normalized spacial score (nSPS) is 11.5. The van der Waals surface area contributed by atoms with Crippen molar-refractivity contribution < 1.29 is 0 Å². The summed E-state index contributed by atoms with van der Waals surface area (Å²) in [4.78, 5) is 4.12. The molecule has 1 N–H and O–H groups in total. The Morgan fingerprint density at radius 3 is 3.00 bits per heavy atom. The molecule has 0 fully saturated rings. The van der Waals surface area contributed by atoms with Gasteiger partial charge in [-0.25, -0.2) is 4.98 Å². The summed E-state index contributed by atoms with van der Waals surface area (Å²) in [5.41, 5.74) is 1.53. The van der Waals surface area contributed by atoms with Crippen LogP contribution in [0.4, 0.5) is 5.82 Å². The quantitative estimate of drug-likeness (QED) is 0.738. The van der Waals surface area contributed by atoms with Crippen LogP contribution in [0.15, 0.2) is 24.9 Å². The summed E-state index contributed by atoms with van der Waals surface area (Å²) in [6.07, 6.45) is 3.46. The van der Waals surface area contributed by atoms with Gasteiger partial charge >= 0.3 is 0 Å². The van der Waals surface area contributed by atoms with Crippen LogP contribution in [0.5, 0.6) is 0 Å². The molecular weight excluding hydrogens is 174 g/mol. The van der Waals surface area contributed by atoms with Crippen LogP contribution in [0.1, 0.15) is 18.1 Å². The van der Waals surface area contributed by atoms with E-state index in [1.807, 2.05) is 19.9 Å². The molecule has 0 amide bonds. The van der Waals surface area contributed by atoms with E-state index in [9.17, 15) is 0 Å². The summed E-state index contributed by atoms with van der Waals surface area (Å²) < 4.78 is 0. The molecule has 0 aromatic carbocycles. The lowest BCUT2D eigenvalue weighted by atomic mass is 10.1. The minimum atomic E-state index is 0.108. The lowest BCUT2D eigenvalue weighted by Crippen LogP contribution is -2.14. The van der Waals surface area contributed by atoms with Crippen molar-refractivity contribution in [2.24, 2.45) is 0 Å². The SMILES string of the molecule is C=CC(C)Nc1nccc(C)c1C#N. The number of aryl methyl sites for hydroxylation is 1. The van der Waals surface area contributed by atoms with E-state index < -0.39 is 0 Å². The Kier molecular flexibility index (Phi) is 3.24. The third kappa shape index (κ3) is 2.11. The molecule has 1 rings (SSSR count). The van der Waals surface area contributed by atoms with Gasteiger partial charge in [0.05, 0.1) is 5.56 Å². The van der Waals surface area contributed by atoms with Crippen molar-refractivity contribution in [3.05, 3.63) is 36.0 Å². The van der Waals surface area contributed by atoms with Crippen LogP contribution in [0.3, 0.4) is 0 Å². The Morgan fingerprint density at radius 2 is 2.43 bits per heavy atom. The lowest BCUT2D eigenvalue weighted by Gasteiger charge is -2.11. The zero-order valence-electron chi connectivity index (χ0n) is 8.41. The molecule has 72 valence electrons.